The Morgan fingerprint density at radius 1 is 1.03 bits per heavy atom. The summed E-state index contributed by atoms with van der Waals surface area (Å²) in [6, 6.07) is 11.0. The lowest BCUT2D eigenvalue weighted by molar-refractivity contribution is -0.137. The van der Waals surface area contributed by atoms with E-state index in [0.29, 0.717) is 69.3 Å². The van der Waals surface area contributed by atoms with Crippen molar-refractivity contribution < 1.29 is 28.5 Å². The van der Waals surface area contributed by atoms with Gasteiger partial charge in [-0.05, 0) is 38.0 Å². The van der Waals surface area contributed by atoms with Crippen molar-refractivity contribution in [1.82, 2.24) is 9.80 Å². The number of carbonyl (C=O) groups is 2. The molecule has 8 heteroatoms. The summed E-state index contributed by atoms with van der Waals surface area (Å²) in [4.78, 5) is 30.1. The summed E-state index contributed by atoms with van der Waals surface area (Å²) in [5, 5.41) is 0. The second kappa shape index (κ2) is 10.7. The number of carbonyl (C=O) groups excluding carboxylic acids is 2. The molecule has 8 nitrogen and oxygen atoms in total. The van der Waals surface area contributed by atoms with E-state index in [1.165, 1.54) is 0 Å². The van der Waals surface area contributed by atoms with Crippen LogP contribution in [0.5, 0.6) is 23.0 Å². The van der Waals surface area contributed by atoms with E-state index in [1.54, 1.807) is 37.3 Å². The maximum atomic E-state index is 13.3. The predicted molar refractivity (Wildman–Crippen MR) is 127 cm³/mol. The van der Waals surface area contributed by atoms with Crippen LogP contribution in [0.3, 0.4) is 0 Å². The van der Waals surface area contributed by atoms with Crippen LogP contribution in [0.1, 0.15) is 35.7 Å². The molecule has 0 bridgehead atoms. The number of nitrogens with zero attached hydrogens (tertiary/aromatic N) is 2. The number of hydrogen-bond acceptors (Lipinski definition) is 6. The summed E-state index contributed by atoms with van der Waals surface area (Å²) in [6.07, 6.45) is 1.27. The van der Waals surface area contributed by atoms with Crippen molar-refractivity contribution >= 4 is 11.8 Å². The molecule has 2 heterocycles. The summed E-state index contributed by atoms with van der Waals surface area (Å²) in [5.41, 5.74) is 1.47. The van der Waals surface area contributed by atoms with Crippen LogP contribution in [-0.4, -0.2) is 68.7 Å². The van der Waals surface area contributed by atoms with Crippen LogP contribution in [0.4, 0.5) is 0 Å². The van der Waals surface area contributed by atoms with E-state index in [-0.39, 0.29) is 17.7 Å². The van der Waals surface area contributed by atoms with Crippen LogP contribution in [0.15, 0.2) is 36.4 Å². The first kappa shape index (κ1) is 23.7. The minimum atomic E-state index is -0.111. The molecule has 2 aliphatic heterocycles. The van der Waals surface area contributed by atoms with Gasteiger partial charge in [-0.3, -0.25) is 9.59 Å². The molecule has 4 rings (SSSR count). The van der Waals surface area contributed by atoms with E-state index in [0.717, 1.165) is 17.1 Å². The summed E-state index contributed by atoms with van der Waals surface area (Å²) >= 11 is 0. The third-order valence-corrected chi connectivity index (χ3v) is 6.43. The first-order chi connectivity index (χ1) is 16.5. The zero-order valence-electron chi connectivity index (χ0n) is 20.0. The smallest absolute Gasteiger partial charge is 0.254 e. The molecule has 0 aromatic heterocycles. The van der Waals surface area contributed by atoms with Crippen LogP contribution < -0.4 is 18.9 Å². The number of hydrogen-bond donors (Lipinski definition) is 0. The maximum Gasteiger partial charge on any atom is 0.254 e. The fourth-order valence-electron chi connectivity index (χ4n) is 4.51. The number of rotatable bonds is 7. The van der Waals surface area contributed by atoms with Gasteiger partial charge in [-0.2, -0.15) is 0 Å². The minimum Gasteiger partial charge on any atom is -0.497 e. The fourth-order valence-corrected chi connectivity index (χ4v) is 4.51. The molecule has 2 aromatic rings. The van der Waals surface area contributed by atoms with Crippen LogP contribution in [0, 0.1) is 5.92 Å². The Morgan fingerprint density at radius 3 is 2.35 bits per heavy atom. The Kier molecular flexibility index (Phi) is 7.45. The van der Waals surface area contributed by atoms with Crippen molar-refractivity contribution in [3.05, 3.63) is 47.5 Å². The Morgan fingerprint density at radius 2 is 1.71 bits per heavy atom. The zero-order chi connectivity index (χ0) is 24.1. The lowest BCUT2D eigenvalue weighted by Crippen LogP contribution is -2.44. The summed E-state index contributed by atoms with van der Waals surface area (Å²) < 4.78 is 22.1. The minimum absolute atomic E-state index is 0.0801. The van der Waals surface area contributed by atoms with Gasteiger partial charge in [0.1, 0.15) is 24.7 Å². The number of ether oxygens (including phenoxy) is 4. The number of piperidine rings is 1. The number of fused-ring (bicyclic) bond motifs is 1. The molecule has 182 valence electrons. The SMILES string of the molecule is CCN(Cc1cccc2c1OCCO2)C(=O)C1CCN(C(=O)c2cc(OC)cc(OC)c2)CC1. The molecule has 0 radical (unpaired) electrons. The third-order valence-electron chi connectivity index (χ3n) is 6.43. The van der Waals surface area contributed by atoms with Crippen molar-refractivity contribution in [2.45, 2.75) is 26.3 Å². The van der Waals surface area contributed by atoms with Crippen molar-refractivity contribution in [2.75, 3.05) is 47.1 Å². The van der Waals surface area contributed by atoms with E-state index < -0.39 is 0 Å². The monoisotopic (exact) mass is 468 g/mol. The molecule has 1 saturated heterocycles. The highest BCUT2D eigenvalue weighted by atomic mass is 16.6. The van der Waals surface area contributed by atoms with Gasteiger partial charge < -0.3 is 28.7 Å². The van der Waals surface area contributed by atoms with Crippen LogP contribution in [0.25, 0.3) is 0 Å². The van der Waals surface area contributed by atoms with Gasteiger partial charge in [0.2, 0.25) is 5.91 Å². The number of benzene rings is 2. The van der Waals surface area contributed by atoms with Gasteiger partial charge in [0.05, 0.1) is 14.2 Å². The van der Waals surface area contributed by atoms with Crippen molar-refractivity contribution in [3.8, 4) is 23.0 Å². The summed E-state index contributed by atoms with van der Waals surface area (Å²) in [5.74, 6) is 2.53. The molecule has 0 saturated carbocycles. The van der Waals surface area contributed by atoms with Crippen LogP contribution in [0.2, 0.25) is 0 Å². The van der Waals surface area contributed by atoms with Crippen molar-refractivity contribution in [1.29, 1.82) is 0 Å². The molecule has 2 aliphatic rings. The average molecular weight is 469 g/mol. The molecule has 0 atom stereocenters. The van der Waals surface area contributed by atoms with Crippen molar-refractivity contribution in [3.63, 3.8) is 0 Å². The van der Waals surface area contributed by atoms with Gasteiger partial charge in [-0.15, -0.1) is 0 Å². The molecule has 1 fully saturated rings. The fraction of sp³-hybridized carbons (Fsp3) is 0.462. The predicted octanol–water partition coefficient (Wildman–Crippen LogP) is 3.38. The van der Waals surface area contributed by atoms with Crippen molar-refractivity contribution in [2.24, 2.45) is 5.92 Å². The third kappa shape index (κ3) is 5.05. The molecule has 0 aliphatic carbocycles. The first-order valence-corrected chi connectivity index (χ1v) is 11.7. The second-order valence-electron chi connectivity index (χ2n) is 8.46. The van der Waals surface area contributed by atoms with Gasteiger partial charge in [0.25, 0.3) is 5.91 Å². The number of amides is 2. The van der Waals surface area contributed by atoms with Gasteiger partial charge in [-0.1, -0.05) is 12.1 Å². The van der Waals surface area contributed by atoms with Gasteiger partial charge in [-0.25, -0.2) is 0 Å². The molecular formula is C26H32N2O6. The number of methoxy groups -OCH3 is 2. The normalized spacial score (nSPS) is 15.6. The van der Waals surface area contributed by atoms with E-state index in [9.17, 15) is 9.59 Å². The molecule has 0 N–H and O–H groups in total. The standard InChI is InChI=1S/C26H32N2O6/c1-4-27(17-19-6-5-7-23-24(19)34-13-12-33-23)25(29)18-8-10-28(11-9-18)26(30)20-14-21(31-2)16-22(15-20)32-3/h5-7,14-16,18H,4,8-13,17H2,1-3H3. The molecule has 34 heavy (non-hydrogen) atoms. The average Bonchev–Trinajstić information content (AvgIpc) is 2.90. The Hall–Kier alpha value is -3.42. The molecular weight excluding hydrogens is 436 g/mol. The van der Waals surface area contributed by atoms with E-state index in [4.69, 9.17) is 18.9 Å². The van der Waals surface area contributed by atoms with E-state index >= 15 is 0 Å². The van der Waals surface area contributed by atoms with E-state index in [1.807, 2.05) is 30.0 Å². The molecule has 0 unspecified atom stereocenters. The molecule has 2 amide bonds. The number of para-hydroxylation sites is 1. The zero-order valence-corrected chi connectivity index (χ0v) is 20.0. The lowest BCUT2D eigenvalue weighted by atomic mass is 9.94. The summed E-state index contributed by atoms with van der Waals surface area (Å²) in [6.45, 7) is 5.17. The second-order valence-corrected chi connectivity index (χ2v) is 8.46. The Labute approximate surface area is 200 Å². The number of likely N-dealkylation sites (tertiary alicyclic amines) is 1. The van der Waals surface area contributed by atoms with Gasteiger partial charge in [0.15, 0.2) is 11.5 Å². The molecule has 2 aromatic carbocycles. The van der Waals surface area contributed by atoms with Gasteiger partial charge >= 0.3 is 0 Å². The largest absolute Gasteiger partial charge is 0.497 e. The van der Waals surface area contributed by atoms with E-state index in [2.05, 4.69) is 0 Å². The molecule has 0 spiro atoms. The highest BCUT2D eigenvalue weighted by Crippen LogP contribution is 2.35. The highest BCUT2D eigenvalue weighted by Gasteiger charge is 2.31. The first-order valence-electron chi connectivity index (χ1n) is 11.7. The highest BCUT2D eigenvalue weighted by molar-refractivity contribution is 5.95. The summed E-state index contributed by atoms with van der Waals surface area (Å²) in [7, 11) is 3.12. The van der Waals surface area contributed by atoms with Gasteiger partial charge in [0, 0.05) is 49.3 Å². The van der Waals surface area contributed by atoms with Crippen LogP contribution in [-0.2, 0) is 11.3 Å². The Bertz CT molecular complexity index is 1010. The quantitative estimate of drug-likeness (QED) is 0.620. The maximum absolute atomic E-state index is 13.3. The lowest BCUT2D eigenvalue weighted by Gasteiger charge is -2.34. The topological polar surface area (TPSA) is 77.5 Å². The van der Waals surface area contributed by atoms with Crippen LogP contribution >= 0.6 is 0 Å². The Balaban J connectivity index is 1.39.